The molecule has 4 nitrogen and oxygen atoms in total. The molecule has 0 amide bonds. The van der Waals surface area contributed by atoms with Crippen LogP contribution in [0.3, 0.4) is 0 Å². The molecule has 0 saturated heterocycles. The average molecular weight is 211 g/mol. The van der Waals surface area contributed by atoms with Gasteiger partial charge in [-0.3, -0.25) is 4.68 Å². The van der Waals surface area contributed by atoms with Crippen molar-refractivity contribution in [3.8, 4) is 0 Å². The van der Waals surface area contributed by atoms with Crippen LogP contribution in [-0.4, -0.2) is 36.1 Å². The zero-order chi connectivity index (χ0) is 11.1. The molecule has 0 fully saturated rings. The molecule has 0 aliphatic heterocycles. The smallest absolute Gasteiger partial charge is 0.0618 e. The van der Waals surface area contributed by atoms with Gasteiger partial charge in [0.25, 0.3) is 0 Å². The maximum atomic E-state index is 5.17. The van der Waals surface area contributed by atoms with Crippen molar-refractivity contribution in [1.29, 1.82) is 0 Å². The van der Waals surface area contributed by atoms with Crippen LogP contribution in [0.25, 0.3) is 0 Å². The van der Waals surface area contributed by atoms with Gasteiger partial charge in [-0.2, -0.15) is 5.10 Å². The Labute approximate surface area is 91.6 Å². The topological polar surface area (TPSA) is 39.1 Å². The minimum atomic E-state index is 0.422. The highest BCUT2D eigenvalue weighted by Gasteiger charge is 2.11. The number of methoxy groups -OCH3 is 1. The van der Waals surface area contributed by atoms with Crippen LogP contribution in [0, 0.1) is 5.92 Å². The van der Waals surface area contributed by atoms with E-state index in [1.54, 1.807) is 13.3 Å². The summed E-state index contributed by atoms with van der Waals surface area (Å²) in [5, 5.41) is 7.62. The van der Waals surface area contributed by atoms with E-state index in [-0.39, 0.29) is 0 Å². The molecule has 0 saturated carbocycles. The Balaban J connectivity index is 2.22. The van der Waals surface area contributed by atoms with E-state index in [0.717, 1.165) is 19.7 Å². The number of hydrogen-bond acceptors (Lipinski definition) is 3. The molecule has 0 radical (unpaired) electrons. The quantitative estimate of drug-likeness (QED) is 0.735. The molecular formula is C11H21N3O. The lowest BCUT2D eigenvalue weighted by Crippen LogP contribution is -2.39. The third kappa shape index (κ3) is 4.44. The summed E-state index contributed by atoms with van der Waals surface area (Å²) in [6, 6.07) is 2.36. The summed E-state index contributed by atoms with van der Waals surface area (Å²) in [6.45, 7) is 6.99. The molecule has 0 bridgehead atoms. The summed E-state index contributed by atoms with van der Waals surface area (Å²) in [7, 11) is 1.74. The van der Waals surface area contributed by atoms with Crippen molar-refractivity contribution in [2.45, 2.75) is 26.4 Å². The molecule has 15 heavy (non-hydrogen) atoms. The third-order valence-electron chi connectivity index (χ3n) is 2.46. The van der Waals surface area contributed by atoms with Gasteiger partial charge in [-0.15, -0.1) is 0 Å². The lowest BCUT2D eigenvalue weighted by atomic mass is 10.1. The van der Waals surface area contributed by atoms with E-state index in [2.05, 4.69) is 24.3 Å². The fourth-order valence-corrected chi connectivity index (χ4v) is 1.46. The molecular weight excluding hydrogens is 190 g/mol. The highest BCUT2D eigenvalue weighted by Crippen LogP contribution is 2.01. The fourth-order valence-electron chi connectivity index (χ4n) is 1.46. The van der Waals surface area contributed by atoms with Crippen LogP contribution in [-0.2, 0) is 11.3 Å². The van der Waals surface area contributed by atoms with E-state index in [4.69, 9.17) is 4.74 Å². The molecule has 0 spiro atoms. The number of nitrogens with zero attached hydrogens (tertiary/aromatic N) is 2. The van der Waals surface area contributed by atoms with Gasteiger partial charge in [0.15, 0.2) is 0 Å². The maximum absolute atomic E-state index is 5.17. The lowest BCUT2D eigenvalue weighted by molar-refractivity contribution is 0.146. The summed E-state index contributed by atoms with van der Waals surface area (Å²) >= 11 is 0. The average Bonchev–Trinajstić information content (AvgIpc) is 2.69. The van der Waals surface area contributed by atoms with Crippen molar-refractivity contribution in [2.75, 3.05) is 20.3 Å². The summed E-state index contributed by atoms with van der Waals surface area (Å²) in [6.07, 6.45) is 3.78. The second-order valence-electron chi connectivity index (χ2n) is 4.03. The molecule has 0 aromatic carbocycles. The molecule has 4 heteroatoms. The predicted molar refractivity (Wildman–Crippen MR) is 60.7 cm³/mol. The first kappa shape index (κ1) is 12.2. The van der Waals surface area contributed by atoms with Gasteiger partial charge in [-0.05, 0) is 12.0 Å². The van der Waals surface area contributed by atoms with E-state index in [1.165, 1.54) is 0 Å². The Bertz CT molecular complexity index is 246. The molecule has 1 aromatic heterocycles. The van der Waals surface area contributed by atoms with Gasteiger partial charge in [-0.25, -0.2) is 0 Å². The van der Waals surface area contributed by atoms with E-state index in [0.29, 0.717) is 12.0 Å². The van der Waals surface area contributed by atoms with Gasteiger partial charge in [0.1, 0.15) is 0 Å². The highest BCUT2D eigenvalue weighted by molar-refractivity contribution is 4.78. The Kier molecular flexibility index (Phi) is 5.36. The number of rotatable bonds is 7. The van der Waals surface area contributed by atoms with Gasteiger partial charge in [0.2, 0.25) is 0 Å². The molecule has 1 atom stereocenters. The molecule has 0 aliphatic rings. The zero-order valence-corrected chi connectivity index (χ0v) is 9.81. The van der Waals surface area contributed by atoms with Gasteiger partial charge in [0, 0.05) is 32.1 Å². The van der Waals surface area contributed by atoms with Crippen LogP contribution in [0.1, 0.15) is 13.8 Å². The van der Waals surface area contributed by atoms with E-state index < -0.39 is 0 Å². The predicted octanol–water partition coefficient (Wildman–Crippen LogP) is 1.14. The highest BCUT2D eigenvalue weighted by atomic mass is 16.5. The summed E-state index contributed by atoms with van der Waals surface area (Å²) in [5.74, 6) is 0.586. The van der Waals surface area contributed by atoms with Crippen molar-refractivity contribution < 1.29 is 4.74 Å². The summed E-state index contributed by atoms with van der Waals surface area (Å²) in [4.78, 5) is 0. The van der Waals surface area contributed by atoms with Crippen LogP contribution in [0.5, 0.6) is 0 Å². The van der Waals surface area contributed by atoms with Crippen molar-refractivity contribution in [3.63, 3.8) is 0 Å². The molecule has 1 aromatic rings. The molecule has 86 valence electrons. The van der Waals surface area contributed by atoms with E-state index in [9.17, 15) is 0 Å². The van der Waals surface area contributed by atoms with E-state index >= 15 is 0 Å². The number of nitrogens with one attached hydrogen (secondary N) is 1. The van der Waals surface area contributed by atoms with Gasteiger partial charge in [-0.1, -0.05) is 13.8 Å². The molecule has 0 aliphatic carbocycles. The van der Waals surface area contributed by atoms with Crippen molar-refractivity contribution in [1.82, 2.24) is 15.1 Å². The van der Waals surface area contributed by atoms with Gasteiger partial charge < -0.3 is 10.1 Å². The molecule has 1 heterocycles. The zero-order valence-electron chi connectivity index (χ0n) is 9.81. The minimum absolute atomic E-state index is 0.422. The molecule has 1 N–H and O–H groups in total. The second-order valence-corrected chi connectivity index (χ2v) is 4.03. The van der Waals surface area contributed by atoms with E-state index in [1.807, 2.05) is 16.9 Å². The Morgan fingerprint density at radius 3 is 2.80 bits per heavy atom. The van der Waals surface area contributed by atoms with Crippen LogP contribution in [0.4, 0.5) is 0 Å². The lowest BCUT2D eigenvalue weighted by Gasteiger charge is -2.21. The normalized spacial score (nSPS) is 13.3. The van der Waals surface area contributed by atoms with Gasteiger partial charge in [0.05, 0.1) is 13.2 Å². The first-order valence-electron chi connectivity index (χ1n) is 5.43. The van der Waals surface area contributed by atoms with Gasteiger partial charge >= 0.3 is 0 Å². The fraction of sp³-hybridized carbons (Fsp3) is 0.727. The monoisotopic (exact) mass is 211 g/mol. The standard InChI is InChI=1S/C11H21N3O/c1-10(2)11(9-15-3)12-6-8-14-7-4-5-13-14/h4-5,7,10-12H,6,8-9H2,1-3H3. The summed E-state index contributed by atoms with van der Waals surface area (Å²) < 4.78 is 7.10. The number of hydrogen-bond donors (Lipinski definition) is 1. The van der Waals surface area contributed by atoms with Crippen LogP contribution in [0.15, 0.2) is 18.5 Å². The van der Waals surface area contributed by atoms with Crippen LogP contribution < -0.4 is 5.32 Å². The van der Waals surface area contributed by atoms with Crippen molar-refractivity contribution in [3.05, 3.63) is 18.5 Å². The van der Waals surface area contributed by atoms with Crippen LogP contribution in [0.2, 0.25) is 0 Å². The molecule has 1 rings (SSSR count). The maximum Gasteiger partial charge on any atom is 0.0618 e. The van der Waals surface area contributed by atoms with Crippen LogP contribution >= 0.6 is 0 Å². The Morgan fingerprint density at radius 1 is 1.47 bits per heavy atom. The largest absolute Gasteiger partial charge is 0.383 e. The number of aromatic nitrogens is 2. The molecule has 1 unspecified atom stereocenters. The van der Waals surface area contributed by atoms with Crippen molar-refractivity contribution in [2.24, 2.45) is 5.92 Å². The Morgan fingerprint density at radius 2 is 2.27 bits per heavy atom. The number of ether oxygens (including phenoxy) is 1. The Hall–Kier alpha value is -0.870. The van der Waals surface area contributed by atoms with Crippen molar-refractivity contribution >= 4 is 0 Å². The second kappa shape index (κ2) is 6.58. The first-order valence-corrected chi connectivity index (χ1v) is 5.43. The third-order valence-corrected chi connectivity index (χ3v) is 2.46. The summed E-state index contributed by atoms with van der Waals surface area (Å²) in [5.41, 5.74) is 0. The SMILES string of the molecule is COCC(NCCn1cccn1)C(C)C. The first-order chi connectivity index (χ1) is 7.24. The minimum Gasteiger partial charge on any atom is -0.383 e.